The lowest BCUT2D eigenvalue weighted by Gasteiger charge is -2.09. The molecule has 1 aromatic carbocycles. The monoisotopic (exact) mass is 296 g/mol. The third kappa shape index (κ3) is 2.45. The van der Waals surface area contributed by atoms with E-state index in [1.165, 1.54) is 5.56 Å². The van der Waals surface area contributed by atoms with Crippen LogP contribution in [0.4, 0.5) is 5.69 Å². The molecule has 2 aromatic rings. The maximum Gasteiger partial charge on any atom is 0.237 e. The number of methoxy groups -OCH3 is 1. The molecule has 4 heteroatoms. The van der Waals surface area contributed by atoms with E-state index in [1.54, 1.807) is 25.4 Å². The summed E-state index contributed by atoms with van der Waals surface area (Å²) in [5, 5.41) is 2.95. The molecule has 1 aliphatic carbocycles. The first kappa shape index (κ1) is 14.6. The van der Waals surface area contributed by atoms with Crippen LogP contribution in [0.2, 0.25) is 0 Å². The molecule has 1 saturated carbocycles. The summed E-state index contributed by atoms with van der Waals surface area (Å²) in [6, 6.07) is 13.8. The van der Waals surface area contributed by atoms with Gasteiger partial charge in [-0.05, 0) is 23.1 Å². The standard InChI is InChI=1S/C18H20N2O2/c1-18(2)14(12-8-5-4-6-9-12)15(18)16(21)20-13-10-7-11-19-17(13)22-3/h4-11,14-15H,1-3H3,(H,20,21). The van der Waals surface area contributed by atoms with E-state index < -0.39 is 0 Å². The molecule has 114 valence electrons. The van der Waals surface area contributed by atoms with E-state index >= 15 is 0 Å². The van der Waals surface area contributed by atoms with Crippen LogP contribution >= 0.6 is 0 Å². The number of hydrogen-bond donors (Lipinski definition) is 1. The normalized spacial score (nSPS) is 22.0. The Morgan fingerprint density at radius 1 is 1.18 bits per heavy atom. The molecule has 0 spiro atoms. The molecule has 0 saturated heterocycles. The van der Waals surface area contributed by atoms with Crippen LogP contribution in [0.25, 0.3) is 0 Å². The van der Waals surface area contributed by atoms with E-state index in [2.05, 4.69) is 36.3 Å². The van der Waals surface area contributed by atoms with Gasteiger partial charge in [0.05, 0.1) is 13.0 Å². The number of amides is 1. The number of anilines is 1. The van der Waals surface area contributed by atoms with Crippen molar-refractivity contribution in [3.8, 4) is 5.88 Å². The van der Waals surface area contributed by atoms with Crippen molar-refractivity contribution in [1.29, 1.82) is 0 Å². The van der Waals surface area contributed by atoms with Crippen LogP contribution in [-0.4, -0.2) is 18.0 Å². The summed E-state index contributed by atoms with van der Waals surface area (Å²) >= 11 is 0. The number of carbonyl (C=O) groups excluding carboxylic acids is 1. The molecule has 1 N–H and O–H groups in total. The first-order valence-electron chi connectivity index (χ1n) is 7.40. The zero-order valence-electron chi connectivity index (χ0n) is 13.0. The van der Waals surface area contributed by atoms with Crippen LogP contribution in [0.3, 0.4) is 0 Å². The topological polar surface area (TPSA) is 51.2 Å². The van der Waals surface area contributed by atoms with Crippen molar-refractivity contribution in [2.24, 2.45) is 11.3 Å². The van der Waals surface area contributed by atoms with Gasteiger partial charge in [0.25, 0.3) is 0 Å². The van der Waals surface area contributed by atoms with Crippen molar-refractivity contribution in [2.45, 2.75) is 19.8 Å². The lowest BCUT2D eigenvalue weighted by atomic mass is 10.0. The molecule has 22 heavy (non-hydrogen) atoms. The molecule has 1 aromatic heterocycles. The van der Waals surface area contributed by atoms with Crippen molar-refractivity contribution in [3.63, 3.8) is 0 Å². The van der Waals surface area contributed by atoms with Crippen LogP contribution in [-0.2, 0) is 4.79 Å². The van der Waals surface area contributed by atoms with Crippen molar-refractivity contribution < 1.29 is 9.53 Å². The minimum Gasteiger partial charge on any atom is -0.480 e. The molecule has 4 nitrogen and oxygen atoms in total. The predicted octanol–water partition coefficient (Wildman–Crippen LogP) is 3.47. The van der Waals surface area contributed by atoms with Gasteiger partial charge in [0.15, 0.2) is 0 Å². The van der Waals surface area contributed by atoms with Crippen LogP contribution < -0.4 is 10.1 Å². The Hall–Kier alpha value is -2.36. The molecule has 1 fully saturated rings. The van der Waals surface area contributed by atoms with Gasteiger partial charge in [-0.1, -0.05) is 44.2 Å². The zero-order valence-corrected chi connectivity index (χ0v) is 13.0. The highest BCUT2D eigenvalue weighted by molar-refractivity contribution is 5.97. The molecule has 0 aliphatic heterocycles. The van der Waals surface area contributed by atoms with Crippen molar-refractivity contribution >= 4 is 11.6 Å². The lowest BCUT2D eigenvalue weighted by molar-refractivity contribution is -0.118. The molecule has 1 amide bonds. The molecule has 2 unspecified atom stereocenters. The highest BCUT2D eigenvalue weighted by atomic mass is 16.5. The summed E-state index contributed by atoms with van der Waals surface area (Å²) in [6.07, 6.45) is 1.64. The number of hydrogen-bond acceptors (Lipinski definition) is 3. The van der Waals surface area contributed by atoms with Gasteiger partial charge in [-0.15, -0.1) is 0 Å². The predicted molar refractivity (Wildman–Crippen MR) is 85.9 cm³/mol. The van der Waals surface area contributed by atoms with Gasteiger partial charge in [0.2, 0.25) is 11.8 Å². The Balaban J connectivity index is 1.79. The number of benzene rings is 1. The Morgan fingerprint density at radius 2 is 1.91 bits per heavy atom. The molecular weight excluding hydrogens is 276 g/mol. The number of rotatable bonds is 4. The van der Waals surface area contributed by atoms with Crippen molar-refractivity contribution in [1.82, 2.24) is 4.98 Å². The number of carbonyl (C=O) groups is 1. The zero-order chi connectivity index (χ0) is 15.7. The average Bonchev–Trinajstić information content (AvgIpc) is 3.11. The summed E-state index contributed by atoms with van der Waals surface area (Å²) in [4.78, 5) is 16.8. The van der Waals surface area contributed by atoms with E-state index in [9.17, 15) is 4.79 Å². The number of nitrogens with zero attached hydrogens (tertiary/aromatic N) is 1. The fourth-order valence-electron chi connectivity index (χ4n) is 3.27. The lowest BCUT2D eigenvalue weighted by Crippen LogP contribution is -2.17. The fourth-order valence-corrected chi connectivity index (χ4v) is 3.27. The number of pyridine rings is 1. The molecule has 0 bridgehead atoms. The van der Waals surface area contributed by atoms with Gasteiger partial charge in [0, 0.05) is 12.1 Å². The summed E-state index contributed by atoms with van der Waals surface area (Å²) < 4.78 is 5.18. The van der Waals surface area contributed by atoms with Crippen molar-refractivity contribution in [3.05, 3.63) is 54.2 Å². The third-order valence-corrected chi connectivity index (χ3v) is 4.49. The van der Waals surface area contributed by atoms with Crippen LogP contribution in [0.1, 0.15) is 25.3 Å². The Kier molecular flexibility index (Phi) is 3.61. The molecule has 0 radical (unpaired) electrons. The minimum atomic E-state index is -0.0418. The molecular formula is C18H20N2O2. The quantitative estimate of drug-likeness (QED) is 0.940. The second kappa shape index (κ2) is 5.44. The SMILES string of the molecule is COc1ncccc1NC(=O)C1C(c2ccccc2)C1(C)C. The van der Waals surface area contributed by atoms with E-state index in [-0.39, 0.29) is 23.2 Å². The average molecular weight is 296 g/mol. The largest absolute Gasteiger partial charge is 0.480 e. The van der Waals surface area contributed by atoms with Gasteiger partial charge in [-0.25, -0.2) is 4.98 Å². The van der Waals surface area contributed by atoms with Crippen molar-refractivity contribution in [2.75, 3.05) is 12.4 Å². The number of aromatic nitrogens is 1. The Labute approximate surface area is 130 Å². The highest BCUT2D eigenvalue weighted by Gasteiger charge is 2.62. The summed E-state index contributed by atoms with van der Waals surface area (Å²) in [5.41, 5.74) is 1.79. The van der Waals surface area contributed by atoms with E-state index in [0.717, 1.165) is 0 Å². The Morgan fingerprint density at radius 3 is 2.59 bits per heavy atom. The smallest absolute Gasteiger partial charge is 0.237 e. The van der Waals surface area contributed by atoms with Gasteiger partial charge < -0.3 is 10.1 Å². The second-order valence-electron chi connectivity index (χ2n) is 6.24. The summed E-state index contributed by atoms with van der Waals surface area (Å²) in [5.74, 6) is 0.659. The van der Waals surface area contributed by atoms with E-state index in [0.29, 0.717) is 11.6 Å². The summed E-state index contributed by atoms with van der Waals surface area (Å²) in [7, 11) is 1.55. The summed E-state index contributed by atoms with van der Waals surface area (Å²) in [6.45, 7) is 4.27. The Bertz CT molecular complexity index is 682. The minimum absolute atomic E-state index is 0.0187. The van der Waals surface area contributed by atoms with Crippen LogP contribution in [0, 0.1) is 11.3 Å². The van der Waals surface area contributed by atoms with E-state index in [1.807, 2.05) is 18.2 Å². The number of nitrogens with one attached hydrogen (secondary N) is 1. The second-order valence-corrected chi connectivity index (χ2v) is 6.24. The molecule has 2 atom stereocenters. The molecule has 3 rings (SSSR count). The van der Waals surface area contributed by atoms with E-state index in [4.69, 9.17) is 4.74 Å². The van der Waals surface area contributed by atoms with Gasteiger partial charge in [-0.3, -0.25) is 4.79 Å². The molecule has 1 heterocycles. The maximum atomic E-state index is 12.6. The van der Waals surface area contributed by atoms with Gasteiger partial charge in [0.1, 0.15) is 5.69 Å². The third-order valence-electron chi connectivity index (χ3n) is 4.49. The van der Waals surface area contributed by atoms with Gasteiger partial charge in [-0.2, -0.15) is 0 Å². The maximum absolute atomic E-state index is 12.6. The number of ether oxygens (including phenoxy) is 1. The van der Waals surface area contributed by atoms with Crippen LogP contribution in [0.15, 0.2) is 48.7 Å². The molecule has 1 aliphatic rings. The first-order valence-corrected chi connectivity index (χ1v) is 7.40. The van der Waals surface area contributed by atoms with Gasteiger partial charge >= 0.3 is 0 Å². The fraction of sp³-hybridized carbons (Fsp3) is 0.333. The highest BCUT2D eigenvalue weighted by Crippen LogP contribution is 2.64. The first-order chi connectivity index (χ1) is 10.6. The van der Waals surface area contributed by atoms with Crippen LogP contribution in [0.5, 0.6) is 5.88 Å².